The van der Waals surface area contributed by atoms with Crippen LogP contribution in [0.3, 0.4) is 0 Å². The molecule has 0 unspecified atom stereocenters. The summed E-state index contributed by atoms with van der Waals surface area (Å²) in [7, 11) is 1.29. The number of carbonyl (C=O) groups is 3. The molecule has 1 aromatic carbocycles. The highest BCUT2D eigenvalue weighted by Crippen LogP contribution is 2.31. The van der Waals surface area contributed by atoms with Crippen LogP contribution in [0.1, 0.15) is 58.2 Å². The number of rotatable bonds is 7. The van der Waals surface area contributed by atoms with E-state index in [1.807, 2.05) is 0 Å². The van der Waals surface area contributed by atoms with E-state index in [0.717, 1.165) is 25.7 Å². The van der Waals surface area contributed by atoms with Gasteiger partial charge in [0.1, 0.15) is 6.04 Å². The first-order valence-corrected chi connectivity index (χ1v) is 10.8. The lowest BCUT2D eigenvalue weighted by Gasteiger charge is -2.31. The molecule has 8 heteroatoms. The van der Waals surface area contributed by atoms with E-state index in [1.54, 1.807) is 48.8 Å². The number of amides is 2. The maximum atomic E-state index is 13.6. The van der Waals surface area contributed by atoms with Crippen LogP contribution < -0.4 is 10.2 Å². The maximum Gasteiger partial charge on any atom is 0.337 e. The number of hydrogen-bond acceptors (Lipinski definition) is 6. The van der Waals surface area contributed by atoms with Crippen molar-refractivity contribution in [3.05, 3.63) is 84.1 Å². The zero-order chi connectivity index (χ0) is 23.2. The number of methoxy groups -OCH3 is 1. The minimum atomic E-state index is -1.02. The van der Waals surface area contributed by atoms with Crippen LogP contribution in [0, 0.1) is 0 Å². The third-order valence-electron chi connectivity index (χ3n) is 5.70. The van der Waals surface area contributed by atoms with Crippen molar-refractivity contribution in [2.45, 2.75) is 37.8 Å². The van der Waals surface area contributed by atoms with Gasteiger partial charge in [0.05, 0.1) is 18.9 Å². The fraction of sp³-hybridized carbons (Fsp3) is 0.280. The molecular weight excluding hydrogens is 422 g/mol. The number of furan rings is 1. The Labute approximate surface area is 191 Å². The summed E-state index contributed by atoms with van der Waals surface area (Å²) in [6, 6.07) is 12.1. The fourth-order valence-electron chi connectivity index (χ4n) is 4.11. The fourth-order valence-corrected chi connectivity index (χ4v) is 4.11. The van der Waals surface area contributed by atoms with Crippen molar-refractivity contribution in [1.82, 2.24) is 10.3 Å². The second-order valence-corrected chi connectivity index (χ2v) is 7.87. The molecule has 1 aliphatic rings. The second kappa shape index (κ2) is 10.1. The summed E-state index contributed by atoms with van der Waals surface area (Å²) in [6.07, 6.45) is 8.47. The topological polar surface area (TPSA) is 102 Å². The second-order valence-electron chi connectivity index (χ2n) is 7.87. The standard InChI is InChI=1S/C25H25N3O5/c1-32-25(31)17-7-4-11-20(15-17)28(24(30)21-12-6-14-33-21)22(18-8-5-13-26-16-18)23(29)27-19-9-2-3-10-19/h4-8,11-16,19,22H,2-3,9-10H2,1H3,(H,27,29)/t22-/m1/s1. The van der Waals surface area contributed by atoms with Gasteiger partial charge in [0.2, 0.25) is 5.91 Å². The lowest BCUT2D eigenvalue weighted by Crippen LogP contribution is -2.46. The van der Waals surface area contributed by atoms with Crippen LogP contribution >= 0.6 is 0 Å². The number of aromatic nitrogens is 1. The molecule has 0 bridgehead atoms. The average molecular weight is 447 g/mol. The predicted octanol–water partition coefficient (Wildman–Crippen LogP) is 3.91. The summed E-state index contributed by atoms with van der Waals surface area (Å²) in [4.78, 5) is 44.9. The number of anilines is 1. The third-order valence-corrected chi connectivity index (χ3v) is 5.70. The Morgan fingerprint density at radius 2 is 1.94 bits per heavy atom. The molecule has 4 rings (SSSR count). The number of esters is 1. The maximum absolute atomic E-state index is 13.6. The van der Waals surface area contributed by atoms with Crippen LogP contribution in [0.4, 0.5) is 5.69 Å². The highest BCUT2D eigenvalue weighted by Gasteiger charge is 2.36. The molecule has 33 heavy (non-hydrogen) atoms. The van der Waals surface area contributed by atoms with Crippen molar-refractivity contribution < 1.29 is 23.5 Å². The van der Waals surface area contributed by atoms with Gasteiger partial charge in [-0.15, -0.1) is 0 Å². The number of nitrogens with one attached hydrogen (secondary N) is 1. The Kier molecular flexibility index (Phi) is 6.83. The van der Waals surface area contributed by atoms with Gasteiger partial charge in [0.25, 0.3) is 5.91 Å². The number of benzene rings is 1. The highest BCUT2D eigenvalue weighted by molar-refractivity contribution is 6.09. The molecule has 0 saturated heterocycles. The molecule has 1 fully saturated rings. The lowest BCUT2D eigenvalue weighted by atomic mass is 10.0. The predicted molar refractivity (Wildman–Crippen MR) is 121 cm³/mol. The van der Waals surface area contributed by atoms with E-state index < -0.39 is 17.9 Å². The molecule has 1 saturated carbocycles. The molecule has 0 spiro atoms. The zero-order valence-electron chi connectivity index (χ0n) is 18.3. The van der Waals surface area contributed by atoms with E-state index in [2.05, 4.69) is 10.3 Å². The SMILES string of the molecule is COC(=O)c1cccc(N(C(=O)c2ccco2)[C@@H](C(=O)NC2CCCC2)c2cccnc2)c1. The Morgan fingerprint density at radius 1 is 1.12 bits per heavy atom. The van der Waals surface area contributed by atoms with E-state index in [9.17, 15) is 14.4 Å². The normalized spacial score (nSPS) is 14.5. The van der Waals surface area contributed by atoms with Gasteiger partial charge in [0, 0.05) is 29.7 Å². The molecule has 1 atom stereocenters. The van der Waals surface area contributed by atoms with Crippen LogP contribution in [-0.2, 0) is 9.53 Å². The van der Waals surface area contributed by atoms with Gasteiger partial charge >= 0.3 is 5.97 Å². The van der Waals surface area contributed by atoms with Crippen molar-refractivity contribution in [3.8, 4) is 0 Å². The van der Waals surface area contributed by atoms with E-state index in [4.69, 9.17) is 9.15 Å². The Balaban J connectivity index is 1.82. The molecule has 2 aromatic heterocycles. The first kappa shape index (κ1) is 22.3. The van der Waals surface area contributed by atoms with Crippen molar-refractivity contribution in [1.29, 1.82) is 0 Å². The number of hydrogen-bond donors (Lipinski definition) is 1. The summed E-state index contributed by atoms with van der Waals surface area (Å²) in [5.74, 6) is -1.31. The molecule has 1 N–H and O–H groups in total. The summed E-state index contributed by atoms with van der Waals surface area (Å²) < 4.78 is 10.2. The van der Waals surface area contributed by atoms with Gasteiger partial charge in [-0.05, 0) is 49.2 Å². The first-order chi connectivity index (χ1) is 16.1. The number of nitrogens with zero attached hydrogens (tertiary/aromatic N) is 2. The molecule has 3 aromatic rings. The lowest BCUT2D eigenvalue weighted by molar-refractivity contribution is -0.123. The largest absolute Gasteiger partial charge is 0.465 e. The minimum Gasteiger partial charge on any atom is -0.465 e. The molecule has 1 aliphatic carbocycles. The Morgan fingerprint density at radius 3 is 2.61 bits per heavy atom. The van der Waals surface area contributed by atoms with Gasteiger partial charge in [-0.2, -0.15) is 0 Å². The average Bonchev–Trinajstić information content (AvgIpc) is 3.57. The molecule has 0 radical (unpaired) electrons. The quantitative estimate of drug-likeness (QED) is 0.551. The molecule has 170 valence electrons. The molecule has 8 nitrogen and oxygen atoms in total. The van der Waals surface area contributed by atoms with Crippen molar-refractivity contribution >= 4 is 23.5 Å². The van der Waals surface area contributed by atoms with Gasteiger partial charge in [0.15, 0.2) is 5.76 Å². The molecule has 2 amide bonds. The van der Waals surface area contributed by atoms with Crippen molar-refractivity contribution in [2.24, 2.45) is 0 Å². The van der Waals surface area contributed by atoms with E-state index in [1.165, 1.54) is 30.4 Å². The molecule has 0 aliphatic heterocycles. The van der Waals surface area contributed by atoms with E-state index in [0.29, 0.717) is 11.3 Å². The van der Waals surface area contributed by atoms with Gasteiger partial charge in [-0.25, -0.2) is 4.79 Å². The van der Waals surface area contributed by atoms with Crippen LogP contribution in [0.15, 0.2) is 71.6 Å². The summed E-state index contributed by atoms with van der Waals surface area (Å²) >= 11 is 0. The smallest absolute Gasteiger partial charge is 0.337 e. The number of carbonyl (C=O) groups excluding carboxylic acids is 3. The van der Waals surface area contributed by atoms with Crippen molar-refractivity contribution in [2.75, 3.05) is 12.0 Å². The van der Waals surface area contributed by atoms with E-state index in [-0.39, 0.29) is 23.3 Å². The van der Waals surface area contributed by atoms with E-state index >= 15 is 0 Å². The Bertz CT molecular complexity index is 1110. The van der Waals surface area contributed by atoms with Crippen LogP contribution in [0.25, 0.3) is 0 Å². The van der Waals surface area contributed by atoms with Crippen LogP contribution in [0.5, 0.6) is 0 Å². The third kappa shape index (κ3) is 4.95. The highest BCUT2D eigenvalue weighted by atomic mass is 16.5. The van der Waals surface area contributed by atoms with Crippen LogP contribution in [0.2, 0.25) is 0 Å². The van der Waals surface area contributed by atoms with Gasteiger partial charge < -0.3 is 14.5 Å². The summed E-state index contributed by atoms with van der Waals surface area (Å²) in [6.45, 7) is 0. The number of ether oxygens (including phenoxy) is 1. The van der Waals surface area contributed by atoms with Gasteiger partial charge in [-0.3, -0.25) is 19.5 Å². The minimum absolute atomic E-state index is 0.0543. The summed E-state index contributed by atoms with van der Waals surface area (Å²) in [5.41, 5.74) is 1.15. The summed E-state index contributed by atoms with van der Waals surface area (Å²) in [5, 5.41) is 3.09. The number of pyridine rings is 1. The zero-order valence-corrected chi connectivity index (χ0v) is 18.3. The monoisotopic (exact) mass is 447 g/mol. The first-order valence-electron chi connectivity index (χ1n) is 10.8. The Hall–Kier alpha value is -3.94. The van der Waals surface area contributed by atoms with Gasteiger partial charge in [-0.1, -0.05) is 25.0 Å². The van der Waals surface area contributed by atoms with Crippen LogP contribution in [-0.4, -0.2) is 35.9 Å². The molecular formula is C25H25N3O5. The molecule has 2 heterocycles. The van der Waals surface area contributed by atoms with Crippen molar-refractivity contribution in [3.63, 3.8) is 0 Å².